The first-order valence-corrected chi connectivity index (χ1v) is 8.68. The van der Waals surface area contributed by atoms with Gasteiger partial charge in [0.15, 0.2) is 0 Å². The molecule has 0 aliphatic carbocycles. The van der Waals surface area contributed by atoms with Crippen LogP contribution in [0.4, 0.5) is 5.82 Å². The first kappa shape index (κ1) is 16.4. The molecule has 1 saturated heterocycles. The maximum atomic E-state index is 12.1. The molecule has 1 N–H and O–H groups in total. The van der Waals surface area contributed by atoms with Crippen LogP contribution in [0.25, 0.3) is 11.3 Å². The minimum absolute atomic E-state index is 0.128. The zero-order valence-corrected chi connectivity index (χ0v) is 14.1. The largest absolute Gasteiger partial charge is 0.356 e. The summed E-state index contributed by atoms with van der Waals surface area (Å²) in [6.07, 6.45) is 4.35. The van der Waals surface area contributed by atoms with Gasteiger partial charge in [-0.1, -0.05) is 37.3 Å². The molecule has 0 saturated carbocycles. The molecule has 3 rings (SSSR count). The predicted octanol–water partition coefficient (Wildman–Crippen LogP) is 2.89. The fourth-order valence-electron chi connectivity index (χ4n) is 3.05. The lowest BCUT2D eigenvalue weighted by molar-refractivity contribution is -0.125. The third-order valence-electron chi connectivity index (χ3n) is 4.46. The van der Waals surface area contributed by atoms with Crippen molar-refractivity contribution in [3.63, 3.8) is 0 Å². The van der Waals surface area contributed by atoms with Crippen molar-refractivity contribution in [2.75, 3.05) is 24.5 Å². The Morgan fingerprint density at radius 1 is 1.21 bits per heavy atom. The van der Waals surface area contributed by atoms with Crippen molar-refractivity contribution in [1.29, 1.82) is 0 Å². The molecule has 2 aromatic rings. The molecule has 1 aliphatic heterocycles. The van der Waals surface area contributed by atoms with Crippen molar-refractivity contribution in [2.45, 2.75) is 26.2 Å². The number of hydrogen-bond donors (Lipinski definition) is 1. The van der Waals surface area contributed by atoms with Gasteiger partial charge in [0, 0.05) is 37.2 Å². The normalized spacial score (nSPS) is 15.3. The number of carbonyl (C=O) groups excluding carboxylic acids is 1. The molecule has 2 heterocycles. The molecule has 1 fully saturated rings. The Bertz CT molecular complexity index is 666. The monoisotopic (exact) mass is 324 g/mol. The van der Waals surface area contributed by atoms with Crippen molar-refractivity contribution in [2.24, 2.45) is 5.92 Å². The van der Waals surface area contributed by atoms with Gasteiger partial charge in [-0.25, -0.2) is 9.97 Å². The minimum Gasteiger partial charge on any atom is -0.356 e. The average molecular weight is 324 g/mol. The minimum atomic E-state index is 0.128. The third kappa shape index (κ3) is 3.91. The standard InChI is InChI=1S/C19H24N4O/c1-2-10-20-19(24)16-8-11-23(12-9-16)18-13-17(21-14-22-18)15-6-4-3-5-7-15/h3-7,13-14,16H,2,8-12H2,1H3,(H,20,24). The fourth-order valence-corrected chi connectivity index (χ4v) is 3.05. The number of amides is 1. The number of rotatable bonds is 5. The predicted molar refractivity (Wildman–Crippen MR) is 95.7 cm³/mol. The average Bonchev–Trinajstić information content (AvgIpc) is 2.67. The Morgan fingerprint density at radius 3 is 2.67 bits per heavy atom. The lowest BCUT2D eigenvalue weighted by atomic mass is 9.96. The van der Waals surface area contributed by atoms with E-state index in [1.807, 2.05) is 24.3 Å². The van der Waals surface area contributed by atoms with Gasteiger partial charge in [0.2, 0.25) is 5.91 Å². The number of benzene rings is 1. The molecular formula is C19H24N4O. The zero-order chi connectivity index (χ0) is 16.8. The van der Waals surface area contributed by atoms with E-state index >= 15 is 0 Å². The van der Waals surface area contributed by atoms with Crippen molar-refractivity contribution >= 4 is 11.7 Å². The van der Waals surface area contributed by atoms with Crippen LogP contribution in [0.5, 0.6) is 0 Å². The number of nitrogens with zero attached hydrogens (tertiary/aromatic N) is 3. The molecule has 1 aromatic heterocycles. The van der Waals surface area contributed by atoms with E-state index in [9.17, 15) is 4.79 Å². The van der Waals surface area contributed by atoms with E-state index in [-0.39, 0.29) is 11.8 Å². The molecule has 0 unspecified atom stereocenters. The molecule has 0 spiro atoms. The number of piperidine rings is 1. The number of aromatic nitrogens is 2. The maximum absolute atomic E-state index is 12.1. The van der Waals surface area contributed by atoms with E-state index in [0.717, 1.165) is 56.0 Å². The lowest BCUT2D eigenvalue weighted by Gasteiger charge is -2.32. The van der Waals surface area contributed by atoms with E-state index < -0.39 is 0 Å². The number of anilines is 1. The summed E-state index contributed by atoms with van der Waals surface area (Å²) in [7, 11) is 0. The van der Waals surface area contributed by atoms with Gasteiger partial charge in [-0.15, -0.1) is 0 Å². The molecular weight excluding hydrogens is 300 g/mol. The van der Waals surface area contributed by atoms with Crippen molar-refractivity contribution < 1.29 is 4.79 Å². The summed E-state index contributed by atoms with van der Waals surface area (Å²) in [5.74, 6) is 1.27. The van der Waals surface area contributed by atoms with Crippen molar-refractivity contribution in [3.05, 3.63) is 42.7 Å². The summed E-state index contributed by atoms with van der Waals surface area (Å²) in [6.45, 7) is 4.55. The second-order valence-electron chi connectivity index (χ2n) is 6.18. The summed E-state index contributed by atoms with van der Waals surface area (Å²) in [6, 6.07) is 12.2. The third-order valence-corrected chi connectivity index (χ3v) is 4.46. The fraction of sp³-hybridized carbons (Fsp3) is 0.421. The van der Waals surface area contributed by atoms with Crippen LogP contribution in [0.3, 0.4) is 0 Å². The molecule has 0 radical (unpaired) electrons. The summed E-state index contributed by atoms with van der Waals surface area (Å²) in [4.78, 5) is 23.1. The van der Waals surface area contributed by atoms with E-state index in [1.54, 1.807) is 6.33 Å². The van der Waals surface area contributed by atoms with E-state index in [1.165, 1.54) is 0 Å². The molecule has 5 nitrogen and oxygen atoms in total. The Labute approximate surface area is 143 Å². The van der Waals surface area contributed by atoms with Crippen LogP contribution < -0.4 is 10.2 Å². The highest BCUT2D eigenvalue weighted by atomic mass is 16.1. The lowest BCUT2D eigenvalue weighted by Crippen LogP contribution is -2.41. The summed E-state index contributed by atoms with van der Waals surface area (Å²) >= 11 is 0. The van der Waals surface area contributed by atoms with E-state index in [2.05, 4.69) is 39.2 Å². The maximum Gasteiger partial charge on any atom is 0.223 e. The van der Waals surface area contributed by atoms with Crippen LogP contribution in [0, 0.1) is 5.92 Å². The van der Waals surface area contributed by atoms with Crippen LogP contribution in [0.15, 0.2) is 42.7 Å². The highest BCUT2D eigenvalue weighted by Crippen LogP contribution is 2.25. The van der Waals surface area contributed by atoms with Gasteiger partial charge in [-0.2, -0.15) is 0 Å². The van der Waals surface area contributed by atoms with Gasteiger partial charge in [0.25, 0.3) is 0 Å². The molecule has 1 amide bonds. The SMILES string of the molecule is CCCNC(=O)C1CCN(c2cc(-c3ccccc3)ncn2)CC1. The second-order valence-corrected chi connectivity index (χ2v) is 6.18. The smallest absolute Gasteiger partial charge is 0.223 e. The molecule has 0 bridgehead atoms. The van der Waals surface area contributed by atoms with Crippen LogP contribution in [-0.2, 0) is 4.79 Å². The number of nitrogens with one attached hydrogen (secondary N) is 1. The molecule has 126 valence electrons. The summed E-state index contributed by atoms with van der Waals surface area (Å²) in [5.41, 5.74) is 2.03. The van der Waals surface area contributed by atoms with Crippen LogP contribution in [0.1, 0.15) is 26.2 Å². The number of hydrogen-bond acceptors (Lipinski definition) is 4. The Balaban J connectivity index is 1.64. The number of carbonyl (C=O) groups is 1. The molecule has 5 heteroatoms. The van der Waals surface area contributed by atoms with E-state index in [0.29, 0.717) is 0 Å². The Kier molecular flexibility index (Phi) is 5.41. The first-order valence-electron chi connectivity index (χ1n) is 8.68. The molecule has 24 heavy (non-hydrogen) atoms. The molecule has 1 aliphatic rings. The second kappa shape index (κ2) is 7.90. The Morgan fingerprint density at radius 2 is 1.96 bits per heavy atom. The highest BCUT2D eigenvalue weighted by molar-refractivity contribution is 5.79. The van der Waals surface area contributed by atoms with Gasteiger partial charge in [-0.3, -0.25) is 4.79 Å². The van der Waals surface area contributed by atoms with Gasteiger partial charge >= 0.3 is 0 Å². The van der Waals surface area contributed by atoms with Crippen LogP contribution >= 0.6 is 0 Å². The van der Waals surface area contributed by atoms with E-state index in [4.69, 9.17) is 0 Å². The van der Waals surface area contributed by atoms with Gasteiger partial charge < -0.3 is 10.2 Å². The summed E-state index contributed by atoms with van der Waals surface area (Å²) < 4.78 is 0. The topological polar surface area (TPSA) is 58.1 Å². The zero-order valence-electron chi connectivity index (χ0n) is 14.1. The van der Waals surface area contributed by atoms with Gasteiger partial charge in [0.1, 0.15) is 12.1 Å². The molecule has 0 atom stereocenters. The first-order chi connectivity index (χ1) is 11.8. The van der Waals surface area contributed by atoms with Crippen molar-refractivity contribution in [3.8, 4) is 11.3 Å². The highest BCUT2D eigenvalue weighted by Gasteiger charge is 2.25. The van der Waals surface area contributed by atoms with Crippen molar-refractivity contribution in [1.82, 2.24) is 15.3 Å². The van der Waals surface area contributed by atoms with Crippen LogP contribution in [-0.4, -0.2) is 35.5 Å². The Hall–Kier alpha value is -2.43. The quantitative estimate of drug-likeness (QED) is 0.919. The van der Waals surface area contributed by atoms with Gasteiger partial charge in [0.05, 0.1) is 5.69 Å². The van der Waals surface area contributed by atoms with Gasteiger partial charge in [-0.05, 0) is 19.3 Å². The van der Waals surface area contributed by atoms with Crippen LogP contribution in [0.2, 0.25) is 0 Å². The summed E-state index contributed by atoms with van der Waals surface area (Å²) in [5, 5.41) is 3.00. The molecule has 1 aromatic carbocycles.